The monoisotopic (exact) mass is 344 g/mol. The van der Waals surface area contributed by atoms with Crippen LogP contribution in [0.1, 0.15) is 24.0 Å². The van der Waals surface area contributed by atoms with E-state index in [1.807, 2.05) is 48.5 Å². The molecule has 0 amide bonds. The average molecular weight is 344 g/mol. The lowest BCUT2D eigenvalue weighted by Gasteiger charge is -2.13. The van der Waals surface area contributed by atoms with Gasteiger partial charge in [0.1, 0.15) is 12.7 Å². The molecule has 2 aromatic carbocycles. The number of benzene rings is 2. The van der Waals surface area contributed by atoms with E-state index in [0.29, 0.717) is 24.5 Å². The van der Waals surface area contributed by atoms with Gasteiger partial charge in [-0.25, -0.2) is 0 Å². The van der Waals surface area contributed by atoms with Crippen LogP contribution in [-0.4, -0.2) is 35.8 Å². The first kappa shape index (κ1) is 17.7. The fourth-order valence-corrected chi connectivity index (χ4v) is 2.96. The summed E-state index contributed by atoms with van der Waals surface area (Å²) in [6.07, 6.45) is 0.0175. The minimum absolute atomic E-state index is 0.120. The molecule has 0 spiro atoms. The lowest BCUT2D eigenvalue weighted by atomic mass is 10.0. The molecular weight excluding hydrogens is 320 g/mol. The predicted molar refractivity (Wildman–Crippen MR) is 93.6 cm³/mol. The molecule has 5 nitrogen and oxygen atoms in total. The topological polar surface area (TPSA) is 68.2 Å². The summed E-state index contributed by atoms with van der Waals surface area (Å²) in [6, 6.07) is 15.9. The van der Waals surface area contributed by atoms with Gasteiger partial charge in [-0.1, -0.05) is 36.4 Å². The smallest absolute Gasteiger partial charge is 0.181 e. The quantitative estimate of drug-likeness (QED) is 0.808. The van der Waals surface area contributed by atoms with Crippen LogP contribution in [-0.2, 0) is 17.8 Å². The molecule has 1 heterocycles. The fraction of sp³-hybridized carbons (Fsp3) is 0.400. The van der Waals surface area contributed by atoms with Crippen LogP contribution in [0, 0.1) is 0 Å². The summed E-state index contributed by atoms with van der Waals surface area (Å²) >= 11 is 0. The highest BCUT2D eigenvalue weighted by atomic mass is 16.6. The summed E-state index contributed by atoms with van der Waals surface area (Å²) in [4.78, 5) is 0. The Morgan fingerprint density at radius 3 is 2.52 bits per heavy atom. The number of hydrogen-bond acceptors (Lipinski definition) is 5. The summed E-state index contributed by atoms with van der Waals surface area (Å²) in [5.41, 5.74) is 2.20. The Labute approximate surface area is 147 Å². The average Bonchev–Trinajstić information content (AvgIpc) is 2.97. The molecule has 1 saturated heterocycles. The zero-order valence-electron chi connectivity index (χ0n) is 14.3. The normalized spacial score (nSPS) is 22.8. The van der Waals surface area contributed by atoms with E-state index in [0.717, 1.165) is 24.0 Å². The third kappa shape index (κ3) is 4.72. The van der Waals surface area contributed by atoms with Crippen molar-refractivity contribution in [2.45, 2.75) is 44.4 Å². The second kappa shape index (κ2) is 8.34. The van der Waals surface area contributed by atoms with E-state index in [1.54, 1.807) is 7.11 Å². The number of aliphatic hydroxyl groups is 2. The van der Waals surface area contributed by atoms with Crippen LogP contribution in [0.15, 0.2) is 48.5 Å². The Bertz CT molecular complexity index is 663. The van der Waals surface area contributed by atoms with Crippen molar-refractivity contribution in [1.29, 1.82) is 0 Å². The second-order valence-corrected chi connectivity index (χ2v) is 6.25. The van der Waals surface area contributed by atoms with Crippen molar-refractivity contribution in [2.75, 3.05) is 7.11 Å². The van der Waals surface area contributed by atoms with Gasteiger partial charge >= 0.3 is 0 Å². The molecule has 25 heavy (non-hydrogen) atoms. The van der Waals surface area contributed by atoms with E-state index in [4.69, 9.17) is 14.2 Å². The number of methoxy groups -OCH3 is 1. The lowest BCUT2D eigenvalue weighted by molar-refractivity contribution is -0.127. The molecular formula is C20H24O5. The number of aliphatic hydroxyl groups excluding tert-OH is 2. The van der Waals surface area contributed by atoms with E-state index < -0.39 is 12.4 Å². The summed E-state index contributed by atoms with van der Waals surface area (Å²) in [5, 5.41) is 19.0. The maximum absolute atomic E-state index is 9.53. The van der Waals surface area contributed by atoms with E-state index in [9.17, 15) is 10.2 Å². The third-order valence-corrected chi connectivity index (χ3v) is 4.39. The van der Waals surface area contributed by atoms with Crippen molar-refractivity contribution in [3.63, 3.8) is 0 Å². The van der Waals surface area contributed by atoms with E-state index in [2.05, 4.69) is 0 Å². The number of aryl methyl sites for hydroxylation is 1. The van der Waals surface area contributed by atoms with E-state index >= 15 is 0 Å². The lowest BCUT2D eigenvalue weighted by Crippen LogP contribution is -2.19. The van der Waals surface area contributed by atoms with Crippen molar-refractivity contribution in [3.8, 4) is 11.5 Å². The van der Waals surface area contributed by atoms with Crippen LogP contribution in [0.5, 0.6) is 11.5 Å². The minimum atomic E-state index is -1.06. The standard InChI is InChI=1S/C20H24O5/c1-23-19-11-14(7-9-16-12-17(21)20(22)25-16)8-10-18(19)24-13-15-5-3-2-4-6-15/h2-6,8,10-11,16-17,20-22H,7,9,12-13H2,1H3/t16-,17-,20?/m1/s1. The van der Waals surface area contributed by atoms with Gasteiger partial charge in [-0.05, 0) is 36.1 Å². The summed E-state index contributed by atoms with van der Waals surface area (Å²) in [7, 11) is 1.63. The fourth-order valence-electron chi connectivity index (χ4n) is 2.96. The maximum atomic E-state index is 9.53. The highest BCUT2D eigenvalue weighted by Crippen LogP contribution is 2.30. The van der Waals surface area contributed by atoms with Crippen molar-refractivity contribution in [1.82, 2.24) is 0 Å². The molecule has 0 saturated carbocycles. The van der Waals surface area contributed by atoms with Crippen molar-refractivity contribution in [2.24, 2.45) is 0 Å². The minimum Gasteiger partial charge on any atom is -0.493 e. The van der Waals surface area contributed by atoms with Crippen molar-refractivity contribution < 1.29 is 24.4 Å². The van der Waals surface area contributed by atoms with Gasteiger partial charge in [-0.3, -0.25) is 0 Å². The second-order valence-electron chi connectivity index (χ2n) is 6.25. The molecule has 3 atom stereocenters. The molecule has 1 aliphatic rings. The van der Waals surface area contributed by atoms with Crippen LogP contribution < -0.4 is 9.47 Å². The first-order valence-electron chi connectivity index (χ1n) is 8.51. The Morgan fingerprint density at radius 1 is 1.04 bits per heavy atom. The first-order valence-corrected chi connectivity index (χ1v) is 8.51. The number of hydrogen-bond donors (Lipinski definition) is 2. The highest BCUT2D eigenvalue weighted by molar-refractivity contribution is 5.43. The van der Waals surface area contributed by atoms with Gasteiger partial charge in [0.25, 0.3) is 0 Å². The van der Waals surface area contributed by atoms with Crippen LogP contribution in [0.3, 0.4) is 0 Å². The number of ether oxygens (including phenoxy) is 3. The first-order chi connectivity index (χ1) is 12.2. The molecule has 134 valence electrons. The molecule has 2 aromatic rings. The molecule has 1 fully saturated rings. The van der Waals surface area contributed by atoms with Gasteiger partial charge in [0.05, 0.1) is 13.2 Å². The number of rotatable bonds is 7. The molecule has 0 aromatic heterocycles. The molecule has 5 heteroatoms. The van der Waals surface area contributed by atoms with Gasteiger partial charge in [-0.15, -0.1) is 0 Å². The summed E-state index contributed by atoms with van der Waals surface area (Å²) in [6.45, 7) is 0.488. The molecule has 0 aliphatic carbocycles. The largest absolute Gasteiger partial charge is 0.493 e. The molecule has 1 aliphatic heterocycles. The van der Waals surface area contributed by atoms with Crippen LogP contribution in [0.4, 0.5) is 0 Å². The third-order valence-electron chi connectivity index (χ3n) is 4.39. The predicted octanol–water partition coefficient (Wildman–Crippen LogP) is 2.68. The van der Waals surface area contributed by atoms with Gasteiger partial charge in [0.2, 0.25) is 0 Å². The van der Waals surface area contributed by atoms with Gasteiger partial charge in [0, 0.05) is 6.42 Å². The van der Waals surface area contributed by atoms with E-state index in [1.165, 1.54) is 0 Å². The summed E-state index contributed by atoms with van der Waals surface area (Å²) < 4.78 is 16.6. The Morgan fingerprint density at radius 2 is 1.84 bits per heavy atom. The molecule has 3 rings (SSSR count). The van der Waals surface area contributed by atoms with E-state index in [-0.39, 0.29) is 6.10 Å². The van der Waals surface area contributed by atoms with Gasteiger partial charge in [-0.2, -0.15) is 0 Å². The molecule has 0 radical (unpaired) electrons. The van der Waals surface area contributed by atoms with Crippen LogP contribution in [0.25, 0.3) is 0 Å². The van der Waals surface area contributed by atoms with Crippen molar-refractivity contribution >= 4 is 0 Å². The van der Waals surface area contributed by atoms with Gasteiger partial charge < -0.3 is 24.4 Å². The zero-order chi connectivity index (χ0) is 17.6. The Hall–Kier alpha value is -2.08. The van der Waals surface area contributed by atoms with Crippen molar-refractivity contribution in [3.05, 3.63) is 59.7 Å². The summed E-state index contributed by atoms with van der Waals surface area (Å²) in [5.74, 6) is 1.40. The molecule has 2 N–H and O–H groups in total. The zero-order valence-corrected chi connectivity index (χ0v) is 14.3. The molecule has 0 bridgehead atoms. The van der Waals surface area contributed by atoms with Crippen LogP contribution in [0.2, 0.25) is 0 Å². The maximum Gasteiger partial charge on any atom is 0.181 e. The van der Waals surface area contributed by atoms with Gasteiger partial charge in [0.15, 0.2) is 17.8 Å². The SMILES string of the molecule is COc1cc(CC[C@@H]2C[C@@H](O)C(O)O2)ccc1OCc1ccccc1. The molecule has 1 unspecified atom stereocenters. The van der Waals surface area contributed by atoms with Crippen LogP contribution >= 0.6 is 0 Å². The Kier molecular flexibility index (Phi) is 5.91. The highest BCUT2D eigenvalue weighted by Gasteiger charge is 2.31. The Balaban J connectivity index is 1.57.